The molecule has 0 fully saturated rings. The molecule has 102 valence electrons. The van der Waals surface area contributed by atoms with Gasteiger partial charge in [-0.25, -0.2) is 0 Å². The Kier molecular flexibility index (Phi) is 6.10. The van der Waals surface area contributed by atoms with Gasteiger partial charge < -0.3 is 0 Å². The van der Waals surface area contributed by atoms with Crippen LogP contribution in [-0.4, -0.2) is 9.97 Å². The predicted octanol–water partition coefficient (Wildman–Crippen LogP) is 4.45. The second-order valence-electron chi connectivity index (χ2n) is 3.91. The third-order valence-corrected chi connectivity index (χ3v) is 2.68. The third kappa shape index (κ3) is 3.84. The molecule has 0 spiro atoms. The standard InChI is InChI=1S/C16H11N2.BrH.Pt/c1-3-10-17-15(8-1)13-6-5-7-14(12-13)16-9-2-4-11-18-16;;/h1-11H;1H;/q-1;;+2/p-1. The van der Waals surface area contributed by atoms with Gasteiger partial charge in [-0.05, 0) is 12.1 Å². The first kappa shape index (κ1) is 15.1. The van der Waals surface area contributed by atoms with Crippen LogP contribution in [0.25, 0.3) is 22.5 Å². The van der Waals surface area contributed by atoms with Crippen molar-refractivity contribution in [1.29, 1.82) is 0 Å². The van der Waals surface area contributed by atoms with E-state index in [-0.39, 0.29) is 0 Å². The Hall–Kier alpha value is -1.31. The van der Waals surface area contributed by atoms with Crippen LogP contribution in [-0.2, 0) is 17.8 Å². The first-order valence-electron chi connectivity index (χ1n) is 5.90. The van der Waals surface area contributed by atoms with E-state index in [2.05, 4.69) is 29.3 Å². The van der Waals surface area contributed by atoms with E-state index >= 15 is 0 Å². The van der Waals surface area contributed by atoms with E-state index in [9.17, 15) is 0 Å². The maximum Gasteiger partial charge on any atom is 0.0183 e. The van der Waals surface area contributed by atoms with Crippen LogP contribution in [0.4, 0.5) is 0 Å². The summed E-state index contributed by atoms with van der Waals surface area (Å²) in [7, 11) is 0. The van der Waals surface area contributed by atoms with E-state index in [4.69, 9.17) is 0 Å². The molecule has 0 bridgehead atoms. The minimum atomic E-state index is 0.926. The van der Waals surface area contributed by atoms with Gasteiger partial charge >= 0.3 is 31.1 Å². The van der Waals surface area contributed by atoms with Crippen LogP contribution in [0.1, 0.15) is 0 Å². The van der Waals surface area contributed by atoms with Gasteiger partial charge in [0.1, 0.15) is 0 Å². The fourth-order valence-corrected chi connectivity index (χ4v) is 1.81. The summed E-state index contributed by atoms with van der Waals surface area (Å²) in [5, 5.41) is 0. The summed E-state index contributed by atoms with van der Waals surface area (Å²) in [6.07, 6.45) is 3.58. The van der Waals surface area contributed by atoms with Crippen LogP contribution in [0.5, 0.6) is 0 Å². The summed E-state index contributed by atoms with van der Waals surface area (Å²) in [5.74, 6) is 0. The molecule has 3 rings (SSSR count). The number of hydrogen-bond donors (Lipinski definition) is 0. The zero-order chi connectivity index (χ0) is 14.2. The van der Waals surface area contributed by atoms with Gasteiger partial charge in [-0.1, -0.05) is 35.4 Å². The summed E-state index contributed by atoms with van der Waals surface area (Å²) in [4.78, 5) is 8.66. The van der Waals surface area contributed by atoms with Crippen LogP contribution in [0.2, 0.25) is 0 Å². The van der Waals surface area contributed by atoms with Crippen LogP contribution in [0, 0.1) is 6.07 Å². The molecule has 20 heavy (non-hydrogen) atoms. The Morgan fingerprint density at radius 1 is 0.700 bits per heavy atom. The van der Waals surface area contributed by atoms with Gasteiger partial charge in [0.05, 0.1) is 0 Å². The van der Waals surface area contributed by atoms with Crippen molar-refractivity contribution in [2.75, 3.05) is 0 Å². The van der Waals surface area contributed by atoms with Crippen LogP contribution < -0.4 is 0 Å². The van der Waals surface area contributed by atoms with Crippen LogP contribution >= 0.6 is 13.3 Å². The fraction of sp³-hybridized carbons (Fsp3) is 0. The van der Waals surface area contributed by atoms with Crippen molar-refractivity contribution in [1.82, 2.24) is 9.97 Å². The molecule has 0 unspecified atom stereocenters. The van der Waals surface area contributed by atoms with Crippen LogP contribution in [0.3, 0.4) is 0 Å². The minimum absolute atomic E-state index is 0.926. The first-order valence-corrected chi connectivity index (χ1v) is 10.9. The van der Waals surface area contributed by atoms with Gasteiger partial charge in [0.25, 0.3) is 0 Å². The van der Waals surface area contributed by atoms with Gasteiger partial charge in [-0.2, -0.15) is 0 Å². The number of aromatic nitrogens is 2. The Balaban J connectivity index is 0.000000704. The Morgan fingerprint density at radius 2 is 1.20 bits per heavy atom. The van der Waals surface area contributed by atoms with E-state index in [1.807, 2.05) is 72.4 Å². The normalized spacial score (nSPS) is 9.55. The van der Waals surface area contributed by atoms with Gasteiger partial charge in [0.15, 0.2) is 0 Å². The van der Waals surface area contributed by atoms with E-state index in [0.29, 0.717) is 0 Å². The Morgan fingerprint density at radius 3 is 1.60 bits per heavy atom. The van der Waals surface area contributed by atoms with Gasteiger partial charge in [-0.15, -0.1) is 24.3 Å². The zero-order valence-corrected chi connectivity index (χ0v) is 14.3. The van der Waals surface area contributed by atoms with E-state index < -0.39 is 0 Å². The van der Waals surface area contributed by atoms with Crippen molar-refractivity contribution in [3.63, 3.8) is 0 Å². The largest absolute Gasteiger partial charge is 0.295 e. The maximum absolute atomic E-state index is 4.33. The molecule has 0 aliphatic heterocycles. The molecule has 0 atom stereocenters. The molecule has 0 saturated heterocycles. The quantitative estimate of drug-likeness (QED) is 0.481. The molecule has 0 radical (unpaired) electrons. The number of hydrogen-bond acceptors (Lipinski definition) is 2. The van der Waals surface area contributed by atoms with Crippen LogP contribution in [0.15, 0.2) is 67.0 Å². The monoisotopic (exact) mass is 505 g/mol. The number of halogens is 1. The average molecular weight is 506 g/mol. The predicted molar refractivity (Wildman–Crippen MR) is 80.7 cm³/mol. The maximum atomic E-state index is 4.33. The molecule has 3 aromatic rings. The third-order valence-electron chi connectivity index (χ3n) is 2.68. The van der Waals surface area contributed by atoms with Crippen molar-refractivity contribution < 1.29 is 17.8 Å². The first-order chi connectivity index (χ1) is 9.93. The molecule has 2 aromatic heterocycles. The molecule has 2 nitrogen and oxygen atoms in total. The average Bonchev–Trinajstić information content (AvgIpc) is 2.58. The fourth-order valence-electron chi connectivity index (χ4n) is 1.81. The molecule has 0 saturated carbocycles. The molecular formula is C16H11BrN2Pt. The number of benzene rings is 1. The number of pyridine rings is 2. The van der Waals surface area contributed by atoms with Crippen molar-refractivity contribution in [3.05, 3.63) is 73.1 Å². The number of nitrogens with zero attached hydrogens (tertiary/aromatic N) is 2. The second-order valence-corrected chi connectivity index (χ2v) is 3.91. The Labute approximate surface area is 136 Å². The van der Waals surface area contributed by atoms with E-state index in [1.54, 1.807) is 12.4 Å². The summed E-state index contributed by atoms with van der Waals surface area (Å²) < 4.78 is 0. The molecule has 1 aromatic carbocycles. The minimum Gasteiger partial charge on any atom is -0.295 e. The molecule has 2 heterocycles. The summed E-state index contributed by atoms with van der Waals surface area (Å²) >= 11 is 4.86. The molecule has 4 heteroatoms. The molecule has 0 N–H and O–H groups in total. The van der Waals surface area contributed by atoms with Crippen molar-refractivity contribution >= 4 is 13.3 Å². The number of rotatable bonds is 2. The zero-order valence-electron chi connectivity index (χ0n) is 10.4. The topological polar surface area (TPSA) is 25.8 Å². The molecule has 0 aliphatic rings. The summed E-state index contributed by atoms with van der Waals surface area (Å²) in [5.41, 5.74) is 3.82. The second kappa shape index (κ2) is 8.08. The summed E-state index contributed by atoms with van der Waals surface area (Å²) in [6.45, 7) is 0. The molecule has 0 amide bonds. The van der Waals surface area contributed by atoms with Crippen molar-refractivity contribution in [2.45, 2.75) is 0 Å². The van der Waals surface area contributed by atoms with Crippen molar-refractivity contribution in [2.24, 2.45) is 0 Å². The van der Waals surface area contributed by atoms with Gasteiger partial charge in [0.2, 0.25) is 0 Å². The van der Waals surface area contributed by atoms with Gasteiger partial charge in [0, 0.05) is 23.8 Å². The molecular weight excluding hydrogens is 495 g/mol. The van der Waals surface area contributed by atoms with E-state index in [1.165, 1.54) is 0 Å². The summed E-state index contributed by atoms with van der Waals surface area (Å²) in [6, 6.07) is 21.1. The van der Waals surface area contributed by atoms with Gasteiger partial charge in [-0.3, -0.25) is 9.97 Å². The van der Waals surface area contributed by atoms with E-state index in [0.717, 1.165) is 22.5 Å². The van der Waals surface area contributed by atoms with Crippen molar-refractivity contribution in [3.8, 4) is 22.5 Å². The smallest absolute Gasteiger partial charge is 0.0183 e. The SMILES string of the molecule is [Br][Pt+].[c-]1c(-c2ccccn2)cccc1-c1ccccn1. The Bertz CT molecular complexity index is 590. The molecule has 0 aliphatic carbocycles.